The van der Waals surface area contributed by atoms with Gasteiger partial charge in [0, 0.05) is 42.4 Å². The maximum atomic E-state index is 13.4. The predicted molar refractivity (Wildman–Crippen MR) is 269 cm³/mol. The number of carbonyl (C=O) groups excluding carboxylic acids is 6. The lowest BCUT2D eigenvalue weighted by Gasteiger charge is -2.16. The number of nitrogens with zero attached hydrogens (tertiary/aromatic N) is 11. The standard InChI is InChI=1S/C26H22N8O3S.C26H21N7O3/c1-13-16(14(2)35)4-5-18-17(13)6-8-19(18)30-25(37)23-10-22(31-26-28-12-29-34(23)26)24(36)27-11-15-3-7-20-21(9-15)33-38-32-20;1-15(34)17-3-5-19-18(12-17)4-6-20(19)32-26(36)22-13-21(31-24-8-10-30-33(22)24)25(35)29-14-16-7-9-28-23(11-16)27-2/h3-5,7,9-10,12,19H,6,8,11H2,1-2H3,(H,27,36)(H,30,37);3,5,7-13,20H,4,6,14H2,1H3,(H,29,35)(H,32,36)/t19-;20-/m00/s1. The molecule has 0 unspecified atom stereocenters. The number of pyridine rings is 1. The van der Waals surface area contributed by atoms with Crippen molar-refractivity contribution < 1.29 is 28.8 Å². The number of carbonyl (C=O) groups is 6. The molecule has 74 heavy (non-hydrogen) atoms. The highest BCUT2D eigenvalue weighted by molar-refractivity contribution is 7.00. The Morgan fingerprint density at radius 1 is 0.676 bits per heavy atom. The Labute approximate surface area is 425 Å². The number of nitrogens with one attached hydrogen (secondary N) is 4. The molecular formula is C52H43N15O6S. The lowest BCUT2D eigenvalue weighted by Crippen LogP contribution is -2.30. The molecule has 2 aliphatic rings. The number of benzene rings is 3. The summed E-state index contributed by atoms with van der Waals surface area (Å²) in [6.45, 7) is 12.5. The van der Waals surface area contributed by atoms with Crippen LogP contribution in [0.5, 0.6) is 0 Å². The van der Waals surface area contributed by atoms with E-state index in [-0.39, 0.29) is 77.0 Å². The lowest BCUT2D eigenvalue weighted by atomic mass is 9.96. The summed E-state index contributed by atoms with van der Waals surface area (Å²) in [6, 6.07) is 22.2. The summed E-state index contributed by atoms with van der Waals surface area (Å²) in [4.78, 5) is 96.1. The van der Waals surface area contributed by atoms with Crippen LogP contribution in [0.15, 0.2) is 97.6 Å². The van der Waals surface area contributed by atoms with Crippen LogP contribution < -0.4 is 21.3 Å². The molecule has 4 amide bonds. The second kappa shape index (κ2) is 20.3. The van der Waals surface area contributed by atoms with E-state index in [0.717, 1.165) is 74.5 Å². The third-order valence-corrected chi connectivity index (χ3v) is 13.6. The maximum Gasteiger partial charge on any atom is 0.270 e. The van der Waals surface area contributed by atoms with E-state index in [9.17, 15) is 28.8 Å². The highest BCUT2D eigenvalue weighted by Gasteiger charge is 2.30. The Morgan fingerprint density at radius 2 is 1.36 bits per heavy atom. The van der Waals surface area contributed by atoms with E-state index in [1.165, 1.54) is 46.8 Å². The molecule has 11 rings (SSSR count). The minimum atomic E-state index is -0.461. The number of fused-ring (bicyclic) bond motifs is 5. The topological polar surface area (TPSA) is 267 Å². The van der Waals surface area contributed by atoms with Gasteiger partial charge in [-0.05, 0) is 116 Å². The van der Waals surface area contributed by atoms with Crippen molar-refractivity contribution in [3.63, 3.8) is 0 Å². The number of Topliss-reactive ketones (excluding diaryl/α,β-unsaturated/α-hetero) is 2. The zero-order valence-electron chi connectivity index (χ0n) is 39.9. The van der Waals surface area contributed by atoms with Crippen LogP contribution in [0, 0.1) is 13.5 Å². The molecule has 9 aromatic rings. The van der Waals surface area contributed by atoms with Crippen molar-refractivity contribution in [3.8, 4) is 0 Å². The Bertz CT molecular complexity index is 3820. The molecule has 0 aliphatic heterocycles. The number of aromatic nitrogens is 10. The van der Waals surface area contributed by atoms with Crippen molar-refractivity contribution in [2.45, 2.75) is 71.6 Å². The summed E-state index contributed by atoms with van der Waals surface area (Å²) in [6.07, 6.45) is 7.25. The van der Waals surface area contributed by atoms with Gasteiger partial charge in [-0.3, -0.25) is 28.8 Å². The van der Waals surface area contributed by atoms with Gasteiger partial charge in [-0.15, -0.1) is 4.98 Å². The second-order valence-corrected chi connectivity index (χ2v) is 18.2. The van der Waals surface area contributed by atoms with E-state index in [4.69, 9.17) is 6.57 Å². The highest BCUT2D eigenvalue weighted by Crippen LogP contribution is 2.35. The first-order valence-electron chi connectivity index (χ1n) is 23.4. The third-order valence-electron chi connectivity index (χ3n) is 13.0. The Balaban J connectivity index is 0.000000170. The fraction of sp³-hybridized carbons (Fsp3) is 0.212. The highest BCUT2D eigenvalue weighted by atomic mass is 32.1. The molecular weight excluding hydrogens is 963 g/mol. The molecule has 0 bridgehead atoms. The van der Waals surface area contributed by atoms with E-state index in [0.29, 0.717) is 29.6 Å². The van der Waals surface area contributed by atoms with E-state index in [2.05, 4.69) is 65.0 Å². The molecule has 0 fully saturated rings. The molecule has 0 saturated heterocycles. The Kier molecular flexibility index (Phi) is 13.2. The van der Waals surface area contributed by atoms with Gasteiger partial charge in [-0.1, -0.05) is 36.9 Å². The molecule has 2 aliphatic carbocycles. The molecule has 6 heterocycles. The van der Waals surface area contributed by atoms with E-state index < -0.39 is 17.7 Å². The number of ketones is 2. The van der Waals surface area contributed by atoms with Crippen molar-refractivity contribution in [2.24, 2.45) is 0 Å². The minimum Gasteiger partial charge on any atom is -0.361 e. The van der Waals surface area contributed by atoms with Crippen molar-refractivity contribution in [3.05, 3.63) is 182 Å². The molecule has 4 N–H and O–H groups in total. The summed E-state index contributed by atoms with van der Waals surface area (Å²) < 4.78 is 11.1. The van der Waals surface area contributed by atoms with Crippen LogP contribution in [0.1, 0.15) is 140 Å². The summed E-state index contributed by atoms with van der Waals surface area (Å²) in [5.74, 6) is -1.28. The smallest absolute Gasteiger partial charge is 0.270 e. The van der Waals surface area contributed by atoms with Crippen LogP contribution in [-0.2, 0) is 25.9 Å². The number of hydrogen-bond acceptors (Lipinski definition) is 15. The second-order valence-electron chi connectivity index (χ2n) is 17.7. The van der Waals surface area contributed by atoms with Gasteiger partial charge in [0.05, 0.1) is 30.0 Å². The minimum absolute atomic E-state index is 0.00436. The summed E-state index contributed by atoms with van der Waals surface area (Å²) in [5.41, 5.74) is 10.4. The van der Waals surface area contributed by atoms with Crippen molar-refractivity contribution >= 4 is 75.2 Å². The van der Waals surface area contributed by atoms with Gasteiger partial charge >= 0.3 is 0 Å². The largest absolute Gasteiger partial charge is 0.361 e. The zero-order valence-corrected chi connectivity index (χ0v) is 40.7. The van der Waals surface area contributed by atoms with Crippen LogP contribution >= 0.6 is 11.7 Å². The first-order chi connectivity index (χ1) is 35.8. The van der Waals surface area contributed by atoms with Gasteiger partial charge in [-0.25, -0.2) is 14.5 Å². The van der Waals surface area contributed by atoms with Crippen LogP contribution in [0.4, 0.5) is 5.82 Å². The molecule has 3 aromatic carbocycles. The number of hydrogen-bond donors (Lipinski definition) is 4. The van der Waals surface area contributed by atoms with Gasteiger partial charge in [-0.2, -0.15) is 28.4 Å². The van der Waals surface area contributed by atoms with Crippen molar-refractivity contribution in [1.29, 1.82) is 0 Å². The monoisotopic (exact) mass is 1010 g/mol. The summed E-state index contributed by atoms with van der Waals surface area (Å²) >= 11 is 1.13. The average molecular weight is 1010 g/mol. The van der Waals surface area contributed by atoms with E-state index in [1.54, 1.807) is 31.2 Å². The SMILES string of the molecule is CC(=O)c1ccc2c(c1C)CC[C@@H]2NC(=O)c1cc(C(=O)NCc2ccc3nsnc3c2)nc2ncnn12.[C-]#[N+]c1cc(CNC(=O)c2cc(C(=O)N[C@H]3CCc4cc(C(C)=O)ccc43)n3nccc3n2)ccn1. The molecule has 0 radical (unpaired) electrons. The molecule has 21 nitrogen and oxygen atoms in total. The Morgan fingerprint density at radius 3 is 2.11 bits per heavy atom. The van der Waals surface area contributed by atoms with Gasteiger partial charge in [0.2, 0.25) is 0 Å². The van der Waals surface area contributed by atoms with Crippen molar-refractivity contribution in [1.82, 2.24) is 69.2 Å². The van der Waals surface area contributed by atoms with Crippen molar-refractivity contribution in [2.75, 3.05) is 0 Å². The molecule has 2 atom stereocenters. The zero-order chi connectivity index (χ0) is 51.6. The number of aryl methyl sites for hydroxylation is 1. The van der Waals surface area contributed by atoms with E-state index >= 15 is 0 Å². The number of amides is 4. The molecule has 22 heteroatoms. The maximum absolute atomic E-state index is 13.4. The molecule has 0 saturated carbocycles. The van der Waals surface area contributed by atoms with Crippen LogP contribution in [-0.4, -0.2) is 83.1 Å². The fourth-order valence-corrected chi connectivity index (χ4v) is 9.78. The summed E-state index contributed by atoms with van der Waals surface area (Å²) in [5, 5.41) is 20.0. The van der Waals surface area contributed by atoms with Crippen LogP contribution in [0.2, 0.25) is 0 Å². The Hall–Kier alpha value is -9.49. The lowest BCUT2D eigenvalue weighted by molar-refractivity contribution is 0.0916. The third kappa shape index (κ3) is 9.78. The van der Waals surface area contributed by atoms with Gasteiger partial charge in [0.1, 0.15) is 46.3 Å². The fourth-order valence-electron chi connectivity index (χ4n) is 9.26. The van der Waals surface area contributed by atoms with E-state index in [1.807, 2.05) is 49.4 Å². The first-order valence-corrected chi connectivity index (χ1v) is 24.1. The normalized spacial score (nSPS) is 14.4. The molecule has 368 valence electrons. The quantitative estimate of drug-likeness (QED) is 0.0783. The average Bonchev–Trinajstić information content (AvgIpc) is 4.28. The number of rotatable bonds is 12. The van der Waals surface area contributed by atoms with Crippen LogP contribution in [0.25, 0.3) is 27.3 Å². The molecule has 0 spiro atoms. The summed E-state index contributed by atoms with van der Waals surface area (Å²) in [7, 11) is 0. The van der Waals surface area contributed by atoms with Crippen LogP contribution in [0.3, 0.4) is 0 Å². The van der Waals surface area contributed by atoms with Gasteiger partial charge in [0.15, 0.2) is 17.2 Å². The first kappa shape index (κ1) is 48.2. The van der Waals surface area contributed by atoms with Gasteiger partial charge in [0.25, 0.3) is 35.2 Å². The molecule has 6 aromatic heterocycles. The predicted octanol–water partition coefficient (Wildman–Crippen LogP) is 6.21. The van der Waals surface area contributed by atoms with Gasteiger partial charge < -0.3 is 26.1 Å².